The summed E-state index contributed by atoms with van der Waals surface area (Å²) in [7, 11) is -3.59. The number of hydrogen-bond donors (Lipinski definition) is 1. The Morgan fingerprint density at radius 3 is 2.57 bits per heavy atom. The number of rotatable bonds is 2. The van der Waals surface area contributed by atoms with Crippen molar-refractivity contribution in [3.63, 3.8) is 0 Å². The molecule has 1 atom stereocenters. The zero-order valence-electron chi connectivity index (χ0n) is 11.4. The first kappa shape index (κ1) is 15.1. The van der Waals surface area contributed by atoms with Crippen LogP contribution in [-0.4, -0.2) is 45.1 Å². The summed E-state index contributed by atoms with van der Waals surface area (Å²) >= 11 is 3.32. The Balaban J connectivity index is 1.98. The number of nitrogens with zero attached hydrogens (tertiary/aromatic N) is 1. The van der Waals surface area contributed by atoms with Crippen LogP contribution in [0.3, 0.4) is 0 Å². The van der Waals surface area contributed by atoms with Crippen LogP contribution >= 0.6 is 15.9 Å². The van der Waals surface area contributed by atoms with Gasteiger partial charge in [0.25, 0.3) is 0 Å². The van der Waals surface area contributed by atoms with Crippen molar-refractivity contribution in [2.24, 2.45) is 5.73 Å². The lowest BCUT2D eigenvalue weighted by molar-refractivity contribution is 0.171. The highest BCUT2D eigenvalue weighted by Gasteiger charge is 2.31. The van der Waals surface area contributed by atoms with Gasteiger partial charge in [0.1, 0.15) is 18.1 Å². The van der Waals surface area contributed by atoms with Crippen LogP contribution in [0, 0.1) is 0 Å². The monoisotopic (exact) mass is 376 g/mol. The second-order valence-electron chi connectivity index (χ2n) is 5.19. The average Bonchev–Trinajstić information content (AvgIpc) is 2.46. The Kier molecular flexibility index (Phi) is 4.13. The fourth-order valence-electron chi connectivity index (χ4n) is 2.57. The second kappa shape index (κ2) is 5.75. The van der Waals surface area contributed by atoms with E-state index >= 15 is 0 Å². The maximum atomic E-state index is 12.8. The first-order valence-corrected chi connectivity index (χ1v) is 9.06. The number of halogens is 1. The SMILES string of the molecule is NC1CCCN(S(=O)(=O)c2cc3c(cc2Br)OCCO3)C1. The van der Waals surface area contributed by atoms with Crippen LogP contribution in [0.5, 0.6) is 11.5 Å². The Labute approximate surface area is 132 Å². The minimum atomic E-state index is -3.59. The molecule has 0 bridgehead atoms. The zero-order chi connectivity index (χ0) is 15.0. The molecule has 2 aliphatic rings. The topological polar surface area (TPSA) is 81.9 Å². The van der Waals surface area contributed by atoms with Crippen molar-refractivity contribution in [2.45, 2.75) is 23.8 Å². The molecule has 1 unspecified atom stereocenters. The molecule has 6 nitrogen and oxygen atoms in total. The van der Waals surface area contributed by atoms with E-state index in [1.54, 1.807) is 6.07 Å². The van der Waals surface area contributed by atoms with E-state index in [9.17, 15) is 8.42 Å². The smallest absolute Gasteiger partial charge is 0.244 e. The second-order valence-corrected chi connectivity index (χ2v) is 7.95. The molecule has 0 amide bonds. The zero-order valence-corrected chi connectivity index (χ0v) is 13.8. The molecular weight excluding hydrogens is 360 g/mol. The van der Waals surface area contributed by atoms with Crippen LogP contribution in [0.1, 0.15) is 12.8 Å². The normalized spacial score (nSPS) is 23.0. The maximum Gasteiger partial charge on any atom is 0.244 e. The first-order valence-electron chi connectivity index (χ1n) is 6.83. The van der Waals surface area contributed by atoms with Gasteiger partial charge < -0.3 is 15.2 Å². The van der Waals surface area contributed by atoms with Crippen molar-refractivity contribution < 1.29 is 17.9 Å². The fraction of sp³-hybridized carbons (Fsp3) is 0.538. The molecule has 0 saturated carbocycles. The van der Waals surface area contributed by atoms with Crippen LogP contribution in [0.25, 0.3) is 0 Å². The first-order chi connectivity index (χ1) is 9.98. The van der Waals surface area contributed by atoms with Crippen molar-refractivity contribution in [3.05, 3.63) is 16.6 Å². The van der Waals surface area contributed by atoms with Gasteiger partial charge in [0.15, 0.2) is 11.5 Å². The largest absolute Gasteiger partial charge is 0.486 e. The molecule has 2 heterocycles. The van der Waals surface area contributed by atoms with Gasteiger partial charge in [-0.05, 0) is 34.8 Å². The number of ether oxygens (including phenoxy) is 2. The lowest BCUT2D eigenvalue weighted by atomic mass is 10.1. The van der Waals surface area contributed by atoms with Gasteiger partial charge in [0.05, 0.1) is 0 Å². The molecule has 0 aliphatic carbocycles. The highest BCUT2D eigenvalue weighted by atomic mass is 79.9. The highest BCUT2D eigenvalue weighted by molar-refractivity contribution is 9.10. The number of fused-ring (bicyclic) bond motifs is 1. The molecular formula is C13H17BrN2O4S. The Hall–Kier alpha value is -0.830. The Bertz CT molecular complexity index is 650. The van der Waals surface area contributed by atoms with E-state index in [1.807, 2.05) is 0 Å². The molecule has 2 N–H and O–H groups in total. The molecule has 1 aromatic rings. The molecule has 1 fully saturated rings. The van der Waals surface area contributed by atoms with Gasteiger partial charge in [-0.1, -0.05) is 0 Å². The fourth-order valence-corrected chi connectivity index (χ4v) is 5.11. The molecule has 0 spiro atoms. The predicted molar refractivity (Wildman–Crippen MR) is 81.1 cm³/mol. The number of benzene rings is 1. The third kappa shape index (κ3) is 2.90. The van der Waals surface area contributed by atoms with Gasteiger partial charge in [0.2, 0.25) is 10.0 Å². The quantitative estimate of drug-likeness (QED) is 0.841. The average molecular weight is 377 g/mol. The Morgan fingerprint density at radius 1 is 1.24 bits per heavy atom. The van der Waals surface area contributed by atoms with E-state index in [-0.39, 0.29) is 10.9 Å². The number of nitrogens with two attached hydrogens (primary N) is 1. The van der Waals surface area contributed by atoms with Crippen LogP contribution in [0.15, 0.2) is 21.5 Å². The summed E-state index contributed by atoms with van der Waals surface area (Å²) in [5.74, 6) is 1.02. The summed E-state index contributed by atoms with van der Waals surface area (Å²) in [6.45, 7) is 1.73. The molecule has 0 aromatic heterocycles. The van der Waals surface area contributed by atoms with E-state index in [0.29, 0.717) is 42.3 Å². The lowest BCUT2D eigenvalue weighted by Crippen LogP contribution is -2.45. The third-order valence-electron chi connectivity index (χ3n) is 3.64. The van der Waals surface area contributed by atoms with Crippen molar-refractivity contribution in [2.75, 3.05) is 26.3 Å². The molecule has 2 aliphatic heterocycles. The van der Waals surface area contributed by atoms with Crippen molar-refractivity contribution >= 4 is 26.0 Å². The van der Waals surface area contributed by atoms with Gasteiger partial charge in [-0.25, -0.2) is 8.42 Å². The standard InChI is InChI=1S/C13H17BrN2O4S/c14-10-6-11-12(20-5-4-19-11)7-13(10)21(17,18)16-3-1-2-9(15)8-16/h6-7,9H,1-5,8,15H2. The van der Waals surface area contributed by atoms with E-state index in [4.69, 9.17) is 15.2 Å². The summed E-state index contributed by atoms with van der Waals surface area (Å²) in [5.41, 5.74) is 5.89. The van der Waals surface area contributed by atoms with Gasteiger partial charge in [-0.15, -0.1) is 0 Å². The van der Waals surface area contributed by atoms with Crippen molar-refractivity contribution in [3.8, 4) is 11.5 Å². The van der Waals surface area contributed by atoms with Crippen molar-refractivity contribution in [1.29, 1.82) is 0 Å². The number of hydrogen-bond acceptors (Lipinski definition) is 5. The predicted octanol–water partition coefficient (Wildman–Crippen LogP) is 1.33. The van der Waals surface area contributed by atoms with Gasteiger partial charge in [-0.2, -0.15) is 4.31 Å². The molecule has 1 aromatic carbocycles. The summed E-state index contributed by atoms with van der Waals surface area (Å²) in [5, 5.41) is 0. The van der Waals surface area contributed by atoms with E-state index in [2.05, 4.69) is 15.9 Å². The van der Waals surface area contributed by atoms with Crippen LogP contribution in [-0.2, 0) is 10.0 Å². The summed E-state index contributed by atoms with van der Waals surface area (Å²) in [6, 6.07) is 3.06. The van der Waals surface area contributed by atoms with Crippen LogP contribution in [0.2, 0.25) is 0 Å². The van der Waals surface area contributed by atoms with E-state index < -0.39 is 10.0 Å². The molecule has 3 rings (SSSR count). The van der Waals surface area contributed by atoms with Gasteiger partial charge in [0, 0.05) is 29.7 Å². The third-order valence-corrected chi connectivity index (χ3v) is 6.46. The van der Waals surface area contributed by atoms with Crippen LogP contribution in [0.4, 0.5) is 0 Å². The van der Waals surface area contributed by atoms with E-state index in [0.717, 1.165) is 12.8 Å². The van der Waals surface area contributed by atoms with Crippen LogP contribution < -0.4 is 15.2 Å². The van der Waals surface area contributed by atoms with Gasteiger partial charge in [-0.3, -0.25) is 0 Å². The minimum Gasteiger partial charge on any atom is -0.486 e. The lowest BCUT2D eigenvalue weighted by Gasteiger charge is -2.30. The highest BCUT2D eigenvalue weighted by Crippen LogP contribution is 2.38. The molecule has 8 heteroatoms. The minimum absolute atomic E-state index is 0.107. The van der Waals surface area contributed by atoms with E-state index in [1.165, 1.54) is 10.4 Å². The maximum absolute atomic E-state index is 12.8. The van der Waals surface area contributed by atoms with Crippen molar-refractivity contribution in [1.82, 2.24) is 4.31 Å². The number of piperidine rings is 1. The summed E-state index contributed by atoms with van der Waals surface area (Å²) in [6.07, 6.45) is 1.64. The molecule has 116 valence electrons. The number of sulfonamides is 1. The summed E-state index contributed by atoms with van der Waals surface area (Å²) in [4.78, 5) is 0.195. The molecule has 1 saturated heterocycles. The summed E-state index contributed by atoms with van der Waals surface area (Å²) < 4.78 is 38.4. The van der Waals surface area contributed by atoms with Gasteiger partial charge >= 0.3 is 0 Å². The molecule has 21 heavy (non-hydrogen) atoms. The Morgan fingerprint density at radius 2 is 1.90 bits per heavy atom. The molecule has 0 radical (unpaired) electrons.